The third-order valence-corrected chi connectivity index (χ3v) is 5.29. The molecule has 0 aliphatic heterocycles. The molecule has 1 aromatic heterocycles. The number of benzene rings is 2. The Morgan fingerprint density at radius 3 is 2.50 bits per heavy atom. The van der Waals surface area contributed by atoms with Gasteiger partial charge in [-0.25, -0.2) is 4.68 Å². The van der Waals surface area contributed by atoms with E-state index in [1.54, 1.807) is 31.2 Å². The molecule has 10 heteroatoms. The lowest BCUT2D eigenvalue weighted by Gasteiger charge is -2.13. The fraction of sp³-hybridized carbons (Fsp3) is 0.136. The molecule has 0 saturated heterocycles. The van der Waals surface area contributed by atoms with Crippen LogP contribution >= 0.6 is 23.2 Å². The lowest BCUT2D eigenvalue weighted by Crippen LogP contribution is -2.17. The molecule has 0 saturated carbocycles. The van der Waals surface area contributed by atoms with Crippen molar-refractivity contribution in [2.45, 2.75) is 19.6 Å². The van der Waals surface area contributed by atoms with E-state index in [1.165, 1.54) is 22.9 Å². The number of anilines is 1. The maximum absolute atomic E-state index is 13.2. The second-order valence-electron chi connectivity index (χ2n) is 6.71. The molecule has 0 fully saturated rings. The molecule has 0 radical (unpaired) electrons. The van der Waals surface area contributed by atoms with Gasteiger partial charge in [-0.1, -0.05) is 53.5 Å². The highest BCUT2D eigenvalue weighted by Crippen LogP contribution is 2.35. The smallest absolute Gasteiger partial charge is 0.321 e. The Morgan fingerprint density at radius 1 is 1.19 bits per heavy atom. The summed E-state index contributed by atoms with van der Waals surface area (Å²) in [5, 5.41) is 16.6. The number of nitriles is 1. The minimum atomic E-state index is -4.67. The first-order valence-electron chi connectivity index (χ1n) is 9.17. The number of alkyl halides is 3. The van der Waals surface area contributed by atoms with Gasteiger partial charge in [0.25, 0.3) is 5.91 Å². The van der Waals surface area contributed by atoms with Gasteiger partial charge >= 0.3 is 6.18 Å². The summed E-state index contributed by atoms with van der Waals surface area (Å²) in [6.45, 7) is 1.88. The first kappa shape index (κ1) is 23.4. The maximum Gasteiger partial charge on any atom is 0.418 e. The van der Waals surface area contributed by atoms with Crippen LogP contribution < -0.4 is 5.32 Å². The molecule has 1 amide bonds. The number of nitrogens with zero attached hydrogens (tertiary/aromatic N) is 3. The quantitative estimate of drug-likeness (QED) is 0.355. The van der Waals surface area contributed by atoms with E-state index in [1.807, 2.05) is 6.07 Å². The van der Waals surface area contributed by atoms with Crippen molar-refractivity contribution in [3.8, 4) is 6.07 Å². The van der Waals surface area contributed by atoms with Crippen molar-refractivity contribution < 1.29 is 18.0 Å². The number of aryl methyl sites for hydroxylation is 1. The second-order valence-corrected chi connectivity index (χ2v) is 7.47. The normalized spacial score (nSPS) is 11.8. The van der Waals surface area contributed by atoms with Crippen molar-refractivity contribution in [2.24, 2.45) is 0 Å². The Kier molecular flexibility index (Phi) is 6.92. The van der Waals surface area contributed by atoms with Crippen molar-refractivity contribution in [1.82, 2.24) is 9.78 Å². The molecule has 5 nitrogen and oxygen atoms in total. The molecule has 0 atom stereocenters. The number of aromatic nitrogens is 2. The van der Waals surface area contributed by atoms with Gasteiger partial charge in [-0.05, 0) is 36.8 Å². The number of rotatable bonds is 5. The summed E-state index contributed by atoms with van der Waals surface area (Å²) in [5.74, 6) is -1.00. The van der Waals surface area contributed by atoms with Gasteiger partial charge in [0.15, 0.2) is 0 Å². The monoisotopic (exact) mass is 478 g/mol. The average molecular weight is 479 g/mol. The van der Waals surface area contributed by atoms with E-state index in [2.05, 4.69) is 10.4 Å². The van der Waals surface area contributed by atoms with Crippen LogP contribution in [0.3, 0.4) is 0 Å². The molecule has 2 aromatic carbocycles. The van der Waals surface area contributed by atoms with Crippen LogP contribution in [0, 0.1) is 18.3 Å². The topological polar surface area (TPSA) is 70.7 Å². The van der Waals surface area contributed by atoms with Crippen molar-refractivity contribution in [3.63, 3.8) is 0 Å². The van der Waals surface area contributed by atoms with Gasteiger partial charge in [0, 0.05) is 10.6 Å². The molecule has 0 aliphatic rings. The standard InChI is InChI=1S/C22H15Cl2F3N4O/c1-13-16(20(24)31(30-13)12-14-6-2-4-8-18(14)23)10-15(11-28)21(32)29-19-9-5-3-7-17(19)22(25,26)27/h2-10H,12H2,1H3,(H,29,32)/b15-10+. The molecular weight excluding hydrogens is 464 g/mol. The molecule has 1 heterocycles. The lowest BCUT2D eigenvalue weighted by molar-refractivity contribution is -0.137. The molecule has 3 aromatic rings. The lowest BCUT2D eigenvalue weighted by atomic mass is 10.1. The number of nitrogens with one attached hydrogen (secondary N) is 1. The SMILES string of the molecule is Cc1nn(Cc2ccccc2Cl)c(Cl)c1/C=C(\C#N)C(=O)Nc1ccccc1C(F)(F)F. The van der Waals surface area contributed by atoms with Gasteiger partial charge in [-0.3, -0.25) is 4.79 Å². The summed E-state index contributed by atoms with van der Waals surface area (Å²) in [4.78, 5) is 12.5. The number of para-hydroxylation sites is 1. The Bertz CT molecular complexity index is 1240. The van der Waals surface area contributed by atoms with Crippen LogP contribution in [-0.4, -0.2) is 15.7 Å². The second kappa shape index (κ2) is 9.47. The van der Waals surface area contributed by atoms with Crippen LogP contribution in [0.1, 0.15) is 22.4 Å². The minimum Gasteiger partial charge on any atom is -0.321 e. The summed E-state index contributed by atoms with van der Waals surface area (Å²) < 4.78 is 41.0. The summed E-state index contributed by atoms with van der Waals surface area (Å²) in [6, 6.07) is 13.3. The third kappa shape index (κ3) is 5.13. The maximum atomic E-state index is 13.2. The molecular formula is C22H15Cl2F3N4O. The number of hydrogen-bond donors (Lipinski definition) is 1. The minimum absolute atomic E-state index is 0.152. The van der Waals surface area contributed by atoms with Gasteiger partial charge in [0.2, 0.25) is 0 Å². The van der Waals surface area contributed by atoms with Crippen molar-refractivity contribution in [1.29, 1.82) is 5.26 Å². The summed E-state index contributed by atoms with van der Waals surface area (Å²) in [6.07, 6.45) is -3.47. The zero-order valence-electron chi connectivity index (χ0n) is 16.5. The van der Waals surface area contributed by atoms with E-state index in [-0.39, 0.29) is 11.7 Å². The van der Waals surface area contributed by atoms with Crippen LogP contribution in [0.2, 0.25) is 10.2 Å². The first-order chi connectivity index (χ1) is 15.1. The predicted octanol–water partition coefficient (Wildman–Crippen LogP) is 6.11. The molecule has 32 heavy (non-hydrogen) atoms. The summed E-state index contributed by atoms with van der Waals surface area (Å²) >= 11 is 12.6. The fourth-order valence-electron chi connectivity index (χ4n) is 2.95. The highest BCUT2D eigenvalue weighted by molar-refractivity contribution is 6.32. The van der Waals surface area contributed by atoms with Gasteiger partial charge in [-0.2, -0.15) is 23.5 Å². The largest absolute Gasteiger partial charge is 0.418 e. The average Bonchev–Trinajstić information content (AvgIpc) is 3.00. The molecule has 0 bridgehead atoms. The van der Waals surface area contributed by atoms with Gasteiger partial charge < -0.3 is 5.32 Å². The Labute approximate surface area is 191 Å². The van der Waals surface area contributed by atoms with E-state index < -0.39 is 28.9 Å². The van der Waals surface area contributed by atoms with Crippen molar-refractivity contribution in [2.75, 3.05) is 5.32 Å². The number of amides is 1. The first-order valence-corrected chi connectivity index (χ1v) is 9.93. The van der Waals surface area contributed by atoms with Crippen molar-refractivity contribution in [3.05, 3.63) is 86.7 Å². The zero-order valence-corrected chi connectivity index (χ0v) is 18.1. The van der Waals surface area contributed by atoms with E-state index in [9.17, 15) is 23.2 Å². The zero-order chi connectivity index (χ0) is 23.5. The van der Waals surface area contributed by atoms with Crippen LogP contribution in [0.25, 0.3) is 6.08 Å². The predicted molar refractivity (Wildman–Crippen MR) is 116 cm³/mol. The highest BCUT2D eigenvalue weighted by atomic mass is 35.5. The van der Waals surface area contributed by atoms with Crippen molar-refractivity contribution >= 4 is 40.9 Å². The number of carbonyl (C=O) groups excluding carboxylic acids is 1. The molecule has 164 valence electrons. The number of hydrogen-bond acceptors (Lipinski definition) is 3. The van der Waals surface area contributed by atoms with Gasteiger partial charge in [0.1, 0.15) is 16.8 Å². The Hall–Kier alpha value is -3.28. The highest BCUT2D eigenvalue weighted by Gasteiger charge is 2.33. The fourth-order valence-corrected chi connectivity index (χ4v) is 3.43. The number of halogens is 5. The molecule has 0 aliphatic carbocycles. The van der Waals surface area contributed by atoms with E-state index in [0.29, 0.717) is 16.3 Å². The summed E-state index contributed by atoms with van der Waals surface area (Å²) in [5.41, 5.74) is -0.413. The van der Waals surface area contributed by atoms with E-state index in [4.69, 9.17) is 23.2 Å². The molecule has 0 unspecified atom stereocenters. The molecule has 3 rings (SSSR count). The Morgan fingerprint density at radius 2 is 1.84 bits per heavy atom. The van der Waals surface area contributed by atoms with Crippen LogP contribution in [0.5, 0.6) is 0 Å². The van der Waals surface area contributed by atoms with Crippen LogP contribution in [0.4, 0.5) is 18.9 Å². The summed E-state index contributed by atoms with van der Waals surface area (Å²) in [7, 11) is 0. The molecule has 1 N–H and O–H groups in total. The number of carbonyl (C=O) groups is 1. The van der Waals surface area contributed by atoms with E-state index >= 15 is 0 Å². The van der Waals surface area contributed by atoms with Gasteiger partial charge in [-0.15, -0.1) is 0 Å². The van der Waals surface area contributed by atoms with Gasteiger partial charge in [0.05, 0.1) is 23.5 Å². The van der Waals surface area contributed by atoms with Crippen LogP contribution in [-0.2, 0) is 17.5 Å². The van der Waals surface area contributed by atoms with E-state index in [0.717, 1.165) is 17.7 Å². The molecule has 0 spiro atoms. The Balaban J connectivity index is 1.91. The third-order valence-electron chi connectivity index (χ3n) is 4.52. The van der Waals surface area contributed by atoms with Crippen LogP contribution in [0.15, 0.2) is 54.1 Å².